The summed E-state index contributed by atoms with van der Waals surface area (Å²) < 4.78 is 60.5. The van der Waals surface area contributed by atoms with Crippen LogP contribution >= 0.6 is 0 Å². The average molecular weight is 535 g/mol. The third-order valence-electron chi connectivity index (χ3n) is 6.45. The molecule has 1 fully saturated rings. The number of ether oxygens (including phenoxy) is 1. The first-order valence-electron chi connectivity index (χ1n) is 12.1. The number of methoxy groups -OCH3 is 1. The van der Waals surface area contributed by atoms with Gasteiger partial charge in [0.05, 0.1) is 6.54 Å². The molecule has 0 radical (unpaired) electrons. The van der Waals surface area contributed by atoms with Crippen LogP contribution in [-0.4, -0.2) is 76.1 Å². The smallest absolute Gasteiger partial charge is 0.252 e. The molecule has 0 aromatic heterocycles. The molecular weight excluding hydrogens is 500 g/mol. The Morgan fingerprint density at radius 1 is 1.14 bits per heavy atom. The van der Waals surface area contributed by atoms with Gasteiger partial charge in [-0.1, -0.05) is 32.4 Å². The lowest BCUT2D eigenvalue weighted by molar-refractivity contribution is -0.151. The van der Waals surface area contributed by atoms with E-state index >= 15 is 0 Å². The molecule has 2 amide bonds. The minimum Gasteiger partial charge on any atom is -0.387 e. The zero-order chi connectivity index (χ0) is 27.9. The molecule has 0 saturated carbocycles. The van der Waals surface area contributed by atoms with Gasteiger partial charge in [-0.2, -0.15) is 0 Å². The van der Waals surface area contributed by atoms with E-state index in [2.05, 4.69) is 5.32 Å². The second-order valence-corrected chi connectivity index (χ2v) is 9.16. The molecule has 0 spiro atoms. The molecule has 12 heteroatoms. The number of hydrogen-bond donors (Lipinski definition) is 4. The number of hydrogen-bond acceptors (Lipinski definition) is 6. The highest BCUT2D eigenvalue weighted by Gasteiger charge is 2.38. The van der Waals surface area contributed by atoms with Crippen LogP contribution < -0.4 is 5.32 Å². The third kappa shape index (κ3) is 7.73. The second-order valence-electron chi connectivity index (χ2n) is 9.16. The summed E-state index contributed by atoms with van der Waals surface area (Å²) >= 11 is 0. The Hall–Kier alpha value is -2.54. The van der Waals surface area contributed by atoms with Gasteiger partial charge in [-0.05, 0) is 25.2 Å². The molecule has 1 aromatic rings. The van der Waals surface area contributed by atoms with E-state index in [1.807, 2.05) is 13.8 Å². The van der Waals surface area contributed by atoms with Gasteiger partial charge in [0.25, 0.3) is 5.91 Å². The van der Waals surface area contributed by atoms with Crippen LogP contribution in [0.1, 0.15) is 45.1 Å². The van der Waals surface area contributed by atoms with Crippen molar-refractivity contribution in [3.8, 4) is 0 Å². The van der Waals surface area contributed by atoms with Crippen LogP contribution in [0.5, 0.6) is 0 Å². The molecule has 1 aromatic carbocycles. The molecule has 2 rings (SSSR count). The number of benzene rings is 1. The van der Waals surface area contributed by atoms with E-state index in [4.69, 9.17) is 4.74 Å². The molecule has 37 heavy (non-hydrogen) atoms. The van der Waals surface area contributed by atoms with Gasteiger partial charge in [-0.3, -0.25) is 9.59 Å². The first kappa shape index (κ1) is 30.7. The predicted octanol–water partition coefficient (Wildman–Crippen LogP) is 1.94. The van der Waals surface area contributed by atoms with Gasteiger partial charge in [0.15, 0.2) is 29.4 Å². The van der Waals surface area contributed by atoms with Crippen molar-refractivity contribution in [3.05, 3.63) is 47.1 Å². The van der Waals surface area contributed by atoms with Gasteiger partial charge < -0.3 is 30.3 Å². The van der Waals surface area contributed by atoms with Gasteiger partial charge >= 0.3 is 0 Å². The van der Waals surface area contributed by atoms with E-state index in [0.717, 1.165) is 18.4 Å². The maximum Gasteiger partial charge on any atom is 0.252 e. The maximum absolute atomic E-state index is 14.2. The number of carbonyl (C=O) groups is 2. The predicted molar refractivity (Wildman–Crippen MR) is 125 cm³/mol. The van der Waals surface area contributed by atoms with E-state index in [0.29, 0.717) is 12.8 Å². The summed E-state index contributed by atoms with van der Waals surface area (Å²) in [6, 6.07) is -1.12. The minimum absolute atomic E-state index is 0.0198. The van der Waals surface area contributed by atoms with Crippen molar-refractivity contribution >= 4 is 11.8 Å². The normalized spacial score (nSPS) is 20.9. The van der Waals surface area contributed by atoms with E-state index in [1.54, 1.807) is 6.08 Å². The first-order valence-corrected chi connectivity index (χ1v) is 12.1. The monoisotopic (exact) mass is 534 g/mol. The number of allylic oxidation sites excluding steroid dienone is 1. The number of carbonyl (C=O) groups excluding carboxylic acids is 2. The summed E-state index contributed by atoms with van der Waals surface area (Å²) in [5, 5.41) is 33.3. The molecule has 1 aliphatic rings. The Labute approximate surface area is 212 Å². The van der Waals surface area contributed by atoms with E-state index in [9.17, 15) is 42.5 Å². The number of amides is 2. The fraction of sp³-hybridized carbons (Fsp3) is 0.600. The summed E-state index contributed by atoms with van der Waals surface area (Å²) in [6.07, 6.45) is -2.13. The van der Waals surface area contributed by atoms with Crippen LogP contribution in [0.25, 0.3) is 0 Å². The van der Waals surface area contributed by atoms with E-state index in [-0.39, 0.29) is 24.9 Å². The molecule has 0 aliphatic carbocycles. The summed E-state index contributed by atoms with van der Waals surface area (Å²) in [5.74, 6) is -8.05. The number of nitrogens with one attached hydrogen (secondary N) is 1. The first-order chi connectivity index (χ1) is 17.4. The highest BCUT2D eigenvalue weighted by Crippen LogP contribution is 2.23. The average Bonchev–Trinajstić information content (AvgIpc) is 3.04. The van der Waals surface area contributed by atoms with Crippen molar-refractivity contribution in [2.45, 2.75) is 76.5 Å². The van der Waals surface area contributed by atoms with Crippen LogP contribution in [0.3, 0.4) is 0 Å². The topological polar surface area (TPSA) is 119 Å². The molecular formula is C25H34F4N2O6. The van der Waals surface area contributed by atoms with Gasteiger partial charge in [0.2, 0.25) is 5.91 Å². The van der Waals surface area contributed by atoms with Crippen molar-refractivity contribution in [1.29, 1.82) is 0 Å². The van der Waals surface area contributed by atoms with Crippen LogP contribution in [0.2, 0.25) is 0 Å². The summed E-state index contributed by atoms with van der Waals surface area (Å²) in [7, 11) is 1.09. The molecule has 6 atom stereocenters. The molecule has 2 unspecified atom stereocenters. The number of likely N-dealkylation sites (tertiary alicyclic amines) is 1. The molecule has 1 aliphatic heterocycles. The third-order valence-corrected chi connectivity index (χ3v) is 6.45. The zero-order valence-corrected chi connectivity index (χ0v) is 21.0. The van der Waals surface area contributed by atoms with Gasteiger partial charge in [0.1, 0.15) is 24.4 Å². The fourth-order valence-corrected chi connectivity index (χ4v) is 3.94. The molecule has 208 valence electrons. The molecule has 1 saturated heterocycles. The lowest BCUT2D eigenvalue weighted by atomic mass is 9.99. The summed E-state index contributed by atoms with van der Waals surface area (Å²) in [4.78, 5) is 26.9. The van der Waals surface area contributed by atoms with Crippen LogP contribution in [-0.2, 0) is 20.9 Å². The SMILES string of the molecule is CCC(C)C=C[C@@H](O)[C@H](O)[C@@H](O)[C@@H](OC)C(=O)NC1CCCCN(Cc2c(F)c(F)cc(F)c2F)C1=O. The fourth-order valence-electron chi connectivity index (χ4n) is 3.94. The molecule has 8 nitrogen and oxygen atoms in total. The Bertz CT molecular complexity index is 953. The molecule has 4 N–H and O–H groups in total. The van der Waals surface area contributed by atoms with Crippen LogP contribution in [0, 0.1) is 29.2 Å². The number of aliphatic hydroxyl groups is 3. The second kappa shape index (κ2) is 13.8. The van der Waals surface area contributed by atoms with Crippen LogP contribution in [0.15, 0.2) is 18.2 Å². The molecule has 1 heterocycles. The van der Waals surface area contributed by atoms with Gasteiger partial charge in [-0.25, -0.2) is 17.6 Å². The van der Waals surface area contributed by atoms with E-state index < -0.39 is 77.6 Å². The van der Waals surface area contributed by atoms with Gasteiger partial charge in [0, 0.05) is 25.3 Å². The summed E-state index contributed by atoms with van der Waals surface area (Å²) in [6.45, 7) is 3.07. The van der Waals surface area contributed by atoms with Crippen molar-refractivity contribution in [2.24, 2.45) is 5.92 Å². The highest BCUT2D eigenvalue weighted by atomic mass is 19.2. The van der Waals surface area contributed by atoms with Crippen molar-refractivity contribution in [2.75, 3.05) is 13.7 Å². The zero-order valence-electron chi connectivity index (χ0n) is 21.0. The van der Waals surface area contributed by atoms with Crippen LogP contribution in [0.4, 0.5) is 17.6 Å². The highest BCUT2D eigenvalue weighted by molar-refractivity contribution is 5.89. The standard InChI is InChI=1S/C25H34F4N2O6/c1-4-13(2)8-9-18(32)21(33)22(34)23(37-3)24(35)30-17-7-5-6-10-31(25(17)36)12-14-19(28)15(26)11-16(27)20(14)29/h8-9,11,13,17-18,21-23,32-34H,4-7,10,12H2,1-3H3,(H,30,35)/t13?,17?,18-,21+,22-,23-/m1/s1. The Balaban J connectivity index is 2.14. The lowest BCUT2D eigenvalue weighted by Gasteiger charge is -2.29. The Morgan fingerprint density at radius 3 is 2.32 bits per heavy atom. The maximum atomic E-state index is 14.2. The van der Waals surface area contributed by atoms with Crippen molar-refractivity contribution < 1.29 is 47.2 Å². The quantitative estimate of drug-likeness (QED) is 0.196. The number of nitrogens with zero attached hydrogens (tertiary/aromatic N) is 1. The van der Waals surface area contributed by atoms with Gasteiger partial charge in [-0.15, -0.1) is 0 Å². The largest absolute Gasteiger partial charge is 0.387 e. The van der Waals surface area contributed by atoms with E-state index in [1.165, 1.54) is 6.08 Å². The van der Waals surface area contributed by atoms with Crippen molar-refractivity contribution in [3.63, 3.8) is 0 Å². The van der Waals surface area contributed by atoms with Crippen molar-refractivity contribution in [1.82, 2.24) is 10.2 Å². The number of halogens is 4. The summed E-state index contributed by atoms with van der Waals surface area (Å²) in [5.41, 5.74) is -0.953. The molecule has 0 bridgehead atoms. The number of aliphatic hydroxyl groups excluding tert-OH is 3. The number of rotatable bonds is 11. The lowest BCUT2D eigenvalue weighted by Crippen LogP contribution is -2.55. The Morgan fingerprint density at radius 2 is 1.76 bits per heavy atom. The minimum atomic E-state index is -1.86. The Kier molecular flexibility index (Phi) is 11.5.